The molecule has 11 amide bonds. The zero-order valence-electron chi connectivity index (χ0n) is 57.0. The van der Waals surface area contributed by atoms with Crippen LogP contribution in [-0.2, 0) is 77.9 Å². The van der Waals surface area contributed by atoms with E-state index in [4.69, 9.17) is 11.6 Å². The average Bonchev–Trinajstić information content (AvgIpc) is 1.76. The molecule has 0 bridgehead atoms. The van der Waals surface area contributed by atoms with Crippen LogP contribution in [0.2, 0.25) is 5.02 Å². The van der Waals surface area contributed by atoms with Crippen LogP contribution in [-0.4, -0.2) is 215 Å². The summed E-state index contributed by atoms with van der Waals surface area (Å²) in [6.45, 7) is 7.55. The third-order valence-electron chi connectivity index (χ3n) is 20.1. The Labute approximate surface area is 567 Å². The summed E-state index contributed by atoms with van der Waals surface area (Å²) in [6, 6.07) is -2.80. The van der Waals surface area contributed by atoms with Gasteiger partial charge in [-0.15, -0.1) is 0 Å². The van der Waals surface area contributed by atoms with E-state index in [1.807, 2.05) is 13.8 Å². The summed E-state index contributed by atoms with van der Waals surface area (Å²) in [5.74, 6) is -8.63. The molecule has 5 fully saturated rings. The number of carbonyl (C=O) groups is 11. The molecule has 7 rings (SSSR count). The number of alkyl halides is 6. The van der Waals surface area contributed by atoms with E-state index in [1.165, 1.54) is 54.8 Å². The van der Waals surface area contributed by atoms with Gasteiger partial charge in [0.05, 0.1) is 29.2 Å². The number of hydrogen-bond acceptors (Lipinski definition) is 11. The van der Waals surface area contributed by atoms with Crippen molar-refractivity contribution in [3.63, 3.8) is 0 Å². The second-order valence-corrected chi connectivity index (χ2v) is 28.0. The Morgan fingerprint density at radius 1 is 0.608 bits per heavy atom. The number of halogens is 7. The van der Waals surface area contributed by atoms with Gasteiger partial charge in [-0.3, -0.25) is 52.7 Å². The lowest BCUT2D eigenvalue weighted by Gasteiger charge is -2.43. The maximum absolute atomic E-state index is 15.3. The number of aryl methyl sites for hydroxylation is 1. The zero-order valence-corrected chi connectivity index (χ0v) is 57.8. The van der Waals surface area contributed by atoms with Crippen LogP contribution in [0.4, 0.5) is 26.3 Å². The molecule has 3 heterocycles. The van der Waals surface area contributed by atoms with Gasteiger partial charge in [-0.1, -0.05) is 89.6 Å². The zero-order chi connectivity index (χ0) is 71.8. The van der Waals surface area contributed by atoms with Crippen molar-refractivity contribution in [2.75, 3.05) is 61.4 Å². The first-order valence-electron chi connectivity index (χ1n) is 33.6. The number of likely N-dealkylation sites (N-methyl/N-ethyl adjacent to an activating group) is 5. The molecule has 2 saturated carbocycles. The quantitative estimate of drug-likeness (QED) is 0.197. The first-order chi connectivity index (χ1) is 45.5. The normalized spacial score (nSPS) is 26.5. The molecule has 3 aliphatic heterocycles. The molecule has 536 valence electrons. The molecule has 9 atom stereocenters. The molecule has 0 unspecified atom stereocenters. The van der Waals surface area contributed by atoms with Crippen LogP contribution in [0.5, 0.6) is 0 Å². The van der Waals surface area contributed by atoms with Gasteiger partial charge in [-0.25, -0.2) is 0 Å². The molecular formula is C68H94ClF6N11O11. The summed E-state index contributed by atoms with van der Waals surface area (Å²) in [6.07, 6.45) is -5.41. The van der Waals surface area contributed by atoms with Crippen LogP contribution in [0.15, 0.2) is 42.5 Å². The fourth-order valence-corrected chi connectivity index (χ4v) is 14.4. The first kappa shape index (κ1) is 76.8. The molecule has 2 aromatic carbocycles. The van der Waals surface area contributed by atoms with Crippen LogP contribution >= 0.6 is 11.6 Å². The highest BCUT2D eigenvalue weighted by Crippen LogP contribution is 2.38. The molecule has 1 spiro atoms. The molecule has 2 aromatic rings. The maximum Gasteiger partial charge on any atom is 0.417 e. The fourth-order valence-electron chi connectivity index (χ4n) is 14.1. The van der Waals surface area contributed by atoms with Crippen molar-refractivity contribution >= 4 is 76.6 Å². The van der Waals surface area contributed by atoms with E-state index in [-0.39, 0.29) is 93.8 Å². The molecule has 5 aliphatic rings. The fraction of sp³-hybridized carbons (Fsp3) is 0.662. The van der Waals surface area contributed by atoms with Crippen molar-refractivity contribution in [2.24, 2.45) is 17.8 Å². The third-order valence-corrected chi connectivity index (χ3v) is 20.4. The Hall–Kier alpha value is -7.52. The summed E-state index contributed by atoms with van der Waals surface area (Å²) in [4.78, 5) is 170. The predicted octanol–water partition coefficient (Wildman–Crippen LogP) is 6.13. The molecule has 4 N–H and O–H groups in total. The van der Waals surface area contributed by atoms with Gasteiger partial charge in [0.2, 0.25) is 65.0 Å². The van der Waals surface area contributed by atoms with Crippen LogP contribution in [0.3, 0.4) is 0 Å². The van der Waals surface area contributed by atoms with Crippen molar-refractivity contribution in [3.8, 4) is 0 Å². The molecular weight excluding hydrogens is 1300 g/mol. The summed E-state index contributed by atoms with van der Waals surface area (Å²) >= 11 is 6.11. The van der Waals surface area contributed by atoms with Gasteiger partial charge in [0.1, 0.15) is 47.8 Å². The topological polar surface area (TPSA) is 259 Å². The number of carbonyl (C=O) groups excluding carboxylic acids is 11. The number of benzene rings is 2. The summed E-state index contributed by atoms with van der Waals surface area (Å²) < 4.78 is 82.8. The van der Waals surface area contributed by atoms with Gasteiger partial charge >= 0.3 is 12.4 Å². The van der Waals surface area contributed by atoms with Gasteiger partial charge in [-0.05, 0) is 124 Å². The summed E-state index contributed by atoms with van der Waals surface area (Å²) in [5, 5.41) is 10.9. The Bertz CT molecular complexity index is 3240. The molecule has 97 heavy (non-hydrogen) atoms. The lowest BCUT2D eigenvalue weighted by Crippen LogP contribution is -2.64. The average molecular weight is 1390 g/mol. The van der Waals surface area contributed by atoms with E-state index in [2.05, 4.69) is 21.3 Å². The SMILES string of the molecule is CC[C@H](C)[C@@H]1NC(=O)[C@H](CC(C)C)N(C)C(=O)C[C@@H](C)NC(=O)[C@H](C2CCCC2)N(C)C(=O)C2(CCCC2)NC(=O)[C@@H]2CCCN2C(=O)[C@H](CCc2ccc(C(F)(F)F)c(Cl)c2)NC(=O)CN(C)C(=O)[C@H](Cc2ccc(C(F)(F)F)cc2)N(C)C(=O)[C@@H]2CCN2C(=O)CN(C)C1=O. The Morgan fingerprint density at radius 3 is 1.81 bits per heavy atom. The largest absolute Gasteiger partial charge is 0.417 e. The van der Waals surface area contributed by atoms with Gasteiger partial charge in [0.15, 0.2) is 0 Å². The molecule has 22 nitrogen and oxygen atoms in total. The molecule has 29 heteroatoms. The van der Waals surface area contributed by atoms with Gasteiger partial charge in [0, 0.05) is 67.2 Å². The minimum atomic E-state index is -4.80. The third kappa shape index (κ3) is 18.6. The van der Waals surface area contributed by atoms with E-state index >= 15 is 9.59 Å². The molecule has 0 aromatic heterocycles. The van der Waals surface area contributed by atoms with Crippen molar-refractivity contribution in [1.29, 1.82) is 0 Å². The second-order valence-electron chi connectivity index (χ2n) is 27.6. The van der Waals surface area contributed by atoms with E-state index in [0.29, 0.717) is 32.1 Å². The number of nitrogens with one attached hydrogen (secondary N) is 4. The highest BCUT2D eigenvalue weighted by atomic mass is 35.5. The molecule has 0 radical (unpaired) electrons. The Balaban J connectivity index is 1.26. The molecule has 2 aliphatic carbocycles. The monoisotopic (exact) mass is 1390 g/mol. The number of nitrogens with zero attached hydrogens (tertiary/aromatic N) is 7. The summed E-state index contributed by atoms with van der Waals surface area (Å²) in [7, 11) is 6.78. The number of amides is 11. The van der Waals surface area contributed by atoms with Crippen molar-refractivity contribution in [3.05, 3.63) is 69.7 Å². The van der Waals surface area contributed by atoms with E-state index in [9.17, 15) is 69.5 Å². The van der Waals surface area contributed by atoms with Crippen molar-refractivity contribution in [2.45, 2.75) is 210 Å². The van der Waals surface area contributed by atoms with Crippen molar-refractivity contribution < 1.29 is 79.1 Å². The Morgan fingerprint density at radius 2 is 1.24 bits per heavy atom. The maximum atomic E-state index is 15.3. The number of rotatable bonds is 10. The highest BCUT2D eigenvalue weighted by molar-refractivity contribution is 6.31. The van der Waals surface area contributed by atoms with Crippen LogP contribution in [0.25, 0.3) is 0 Å². The summed E-state index contributed by atoms with van der Waals surface area (Å²) in [5.41, 5.74) is -3.24. The van der Waals surface area contributed by atoms with Gasteiger partial charge in [-0.2, -0.15) is 26.3 Å². The standard InChI is InChI=1S/C68H94ClF6N11O11/c1-11-40(4)56-64(96)81(7)38-55(89)85-32-28-50(85)63(95)83(9)52(36-43-20-24-45(25-21-43)67(70,71)72)62(94)80(6)37-53(87)77-48(27-23-42-22-26-46(47(69)35-42)68(73,74)75)61(93)86-31-16-19-49(86)59(91)79-66(29-14-15-30-66)65(97)84(10)57(44-17-12-13-18-44)60(92)76-41(5)34-54(88)82(8)51(33-39(2)3)58(90)78-56/h20-22,24-26,35,39-41,44,48-52,56-57H,11-19,23,27-34,36-38H2,1-10H3,(H,76,92)(H,77,87)(H,78,90)(H,79,91)/t40-,41+,48-,49-,50-,51-,52-,56-,57-/m0/s1. The minimum Gasteiger partial charge on any atom is -0.351 e. The second kappa shape index (κ2) is 32.4. The Kier molecular flexibility index (Phi) is 25.7. The van der Waals surface area contributed by atoms with Gasteiger partial charge < -0.3 is 55.6 Å². The molecule has 3 saturated heterocycles. The van der Waals surface area contributed by atoms with E-state index < -0.39 is 173 Å². The minimum absolute atomic E-state index is 0.00976. The number of fused-ring (bicyclic) bond motifs is 2. The predicted molar refractivity (Wildman–Crippen MR) is 346 cm³/mol. The lowest BCUT2D eigenvalue weighted by molar-refractivity contribution is -0.157. The van der Waals surface area contributed by atoms with E-state index in [1.54, 1.807) is 20.8 Å². The smallest absolute Gasteiger partial charge is 0.351 e. The lowest BCUT2D eigenvalue weighted by atomic mass is 9.90. The van der Waals surface area contributed by atoms with Crippen molar-refractivity contribution in [1.82, 2.24) is 55.6 Å². The van der Waals surface area contributed by atoms with Crippen LogP contribution in [0.1, 0.15) is 153 Å². The first-order valence-corrected chi connectivity index (χ1v) is 34.0. The highest BCUT2D eigenvalue weighted by Gasteiger charge is 2.51. The van der Waals surface area contributed by atoms with Crippen LogP contribution < -0.4 is 21.3 Å². The van der Waals surface area contributed by atoms with Crippen LogP contribution in [0, 0.1) is 17.8 Å². The van der Waals surface area contributed by atoms with Gasteiger partial charge in [0.25, 0.3) is 0 Å². The van der Waals surface area contributed by atoms with E-state index in [0.717, 1.165) is 70.0 Å². The number of hydrogen-bond donors (Lipinski definition) is 4.